The van der Waals surface area contributed by atoms with Crippen molar-refractivity contribution in [1.82, 2.24) is 0 Å². The lowest BCUT2D eigenvalue weighted by atomic mass is 9.70. The fourth-order valence-electron chi connectivity index (χ4n) is 3.70. The molecule has 1 fully saturated rings. The van der Waals surface area contributed by atoms with Crippen LogP contribution >= 0.6 is 0 Å². The Bertz CT molecular complexity index is 1070. The second-order valence-electron chi connectivity index (χ2n) is 8.38. The van der Waals surface area contributed by atoms with Crippen LogP contribution in [0.4, 0.5) is 0 Å². The Labute approximate surface area is 173 Å². The molecule has 1 saturated heterocycles. The minimum absolute atomic E-state index is 0.451. The quantitative estimate of drug-likeness (QED) is 0.587. The van der Waals surface area contributed by atoms with Gasteiger partial charge < -0.3 is 9.31 Å². The van der Waals surface area contributed by atoms with E-state index in [0.29, 0.717) is 5.56 Å². The van der Waals surface area contributed by atoms with Gasteiger partial charge in [0, 0.05) is 0 Å². The average molecular weight is 381 g/mol. The highest BCUT2D eigenvalue weighted by atomic mass is 16.7. The van der Waals surface area contributed by atoms with Gasteiger partial charge in [-0.3, -0.25) is 0 Å². The number of nitriles is 1. The van der Waals surface area contributed by atoms with E-state index in [9.17, 15) is 5.26 Å². The molecule has 4 heteroatoms. The van der Waals surface area contributed by atoms with E-state index >= 15 is 0 Å². The van der Waals surface area contributed by atoms with Gasteiger partial charge in [0.2, 0.25) is 0 Å². The van der Waals surface area contributed by atoms with Gasteiger partial charge in [-0.15, -0.1) is 0 Å². The first-order valence-corrected chi connectivity index (χ1v) is 9.87. The summed E-state index contributed by atoms with van der Waals surface area (Å²) in [6, 6.07) is 26.4. The van der Waals surface area contributed by atoms with Crippen molar-refractivity contribution in [2.75, 3.05) is 0 Å². The highest BCUT2D eigenvalue weighted by molar-refractivity contribution is 6.65. The minimum Gasteiger partial charge on any atom is -0.399 e. The van der Waals surface area contributed by atoms with Gasteiger partial charge in [0.15, 0.2) is 0 Å². The maximum Gasteiger partial charge on any atom is 0.496 e. The third-order valence-corrected chi connectivity index (χ3v) is 6.02. The summed E-state index contributed by atoms with van der Waals surface area (Å²) in [7, 11) is -0.529. The van der Waals surface area contributed by atoms with E-state index in [1.54, 1.807) is 0 Å². The molecule has 29 heavy (non-hydrogen) atoms. The van der Waals surface area contributed by atoms with Gasteiger partial charge in [0.25, 0.3) is 0 Å². The van der Waals surface area contributed by atoms with Gasteiger partial charge in [0.05, 0.1) is 22.8 Å². The molecular formula is C25H24BNO2. The van der Waals surface area contributed by atoms with Crippen LogP contribution in [0.1, 0.15) is 33.3 Å². The van der Waals surface area contributed by atoms with E-state index in [4.69, 9.17) is 9.31 Å². The van der Waals surface area contributed by atoms with Crippen molar-refractivity contribution in [3.05, 3.63) is 78.4 Å². The second-order valence-corrected chi connectivity index (χ2v) is 8.38. The molecule has 144 valence electrons. The maximum atomic E-state index is 9.68. The van der Waals surface area contributed by atoms with Crippen LogP contribution in [-0.4, -0.2) is 18.3 Å². The molecule has 3 aromatic carbocycles. The van der Waals surface area contributed by atoms with Crippen molar-refractivity contribution in [1.29, 1.82) is 5.26 Å². The van der Waals surface area contributed by atoms with E-state index in [1.807, 2.05) is 54.6 Å². The SMILES string of the molecule is CC1(C)OB(c2c(-c3ccccc3)cccc2-c2ccccc2C#N)OC1(C)C. The molecule has 0 N–H and O–H groups in total. The Morgan fingerprint density at radius 2 is 1.24 bits per heavy atom. The van der Waals surface area contributed by atoms with Gasteiger partial charge in [-0.05, 0) is 61.5 Å². The molecule has 3 aromatic rings. The summed E-state index contributed by atoms with van der Waals surface area (Å²) in [6.07, 6.45) is 0. The summed E-state index contributed by atoms with van der Waals surface area (Å²) < 4.78 is 12.9. The summed E-state index contributed by atoms with van der Waals surface area (Å²) in [6.45, 7) is 8.23. The van der Waals surface area contributed by atoms with Crippen molar-refractivity contribution >= 4 is 12.6 Å². The predicted octanol–water partition coefficient (Wildman–Crippen LogP) is 5.19. The van der Waals surface area contributed by atoms with E-state index < -0.39 is 18.3 Å². The first-order valence-electron chi connectivity index (χ1n) is 9.87. The first kappa shape index (κ1) is 19.5. The third kappa shape index (κ3) is 3.38. The second kappa shape index (κ2) is 7.19. The van der Waals surface area contributed by atoms with E-state index in [0.717, 1.165) is 27.7 Å². The van der Waals surface area contributed by atoms with Gasteiger partial charge in [-0.1, -0.05) is 66.7 Å². The van der Waals surface area contributed by atoms with E-state index in [1.165, 1.54) is 0 Å². The monoisotopic (exact) mass is 381 g/mol. The fourth-order valence-corrected chi connectivity index (χ4v) is 3.70. The van der Waals surface area contributed by atoms with Crippen LogP contribution < -0.4 is 5.46 Å². The zero-order chi connectivity index (χ0) is 20.6. The lowest BCUT2D eigenvalue weighted by molar-refractivity contribution is 0.00578. The topological polar surface area (TPSA) is 42.2 Å². The normalized spacial score (nSPS) is 17.1. The molecule has 0 amide bonds. The van der Waals surface area contributed by atoms with Crippen LogP contribution in [0, 0.1) is 11.3 Å². The van der Waals surface area contributed by atoms with Gasteiger partial charge in [-0.25, -0.2) is 0 Å². The van der Waals surface area contributed by atoms with Gasteiger partial charge >= 0.3 is 7.12 Å². The van der Waals surface area contributed by atoms with Crippen LogP contribution in [-0.2, 0) is 9.31 Å². The lowest BCUT2D eigenvalue weighted by Gasteiger charge is -2.32. The van der Waals surface area contributed by atoms with Crippen LogP contribution in [0.3, 0.4) is 0 Å². The van der Waals surface area contributed by atoms with Gasteiger partial charge in [0.1, 0.15) is 0 Å². The largest absolute Gasteiger partial charge is 0.496 e. The fraction of sp³-hybridized carbons (Fsp3) is 0.240. The number of rotatable bonds is 3. The third-order valence-electron chi connectivity index (χ3n) is 6.02. The summed E-state index contributed by atoms with van der Waals surface area (Å²) in [5.41, 5.74) is 4.68. The minimum atomic E-state index is -0.529. The molecular weight excluding hydrogens is 357 g/mol. The molecule has 4 rings (SSSR count). The molecule has 0 bridgehead atoms. The molecule has 0 radical (unpaired) electrons. The summed E-state index contributed by atoms with van der Waals surface area (Å²) in [4.78, 5) is 0. The summed E-state index contributed by atoms with van der Waals surface area (Å²) >= 11 is 0. The average Bonchev–Trinajstić information content (AvgIpc) is 2.95. The molecule has 0 atom stereocenters. The molecule has 0 spiro atoms. The molecule has 0 unspecified atom stereocenters. The lowest BCUT2D eigenvalue weighted by Crippen LogP contribution is -2.41. The van der Waals surface area contributed by atoms with Gasteiger partial charge in [-0.2, -0.15) is 5.26 Å². The summed E-state index contributed by atoms with van der Waals surface area (Å²) in [5, 5.41) is 9.68. The predicted molar refractivity (Wildman–Crippen MR) is 118 cm³/mol. The molecule has 0 aliphatic carbocycles. The Morgan fingerprint density at radius 1 is 0.690 bits per heavy atom. The zero-order valence-electron chi connectivity index (χ0n) is 17.3. The van der Waals surface area contributed by atoms with Crippen molar-refractivity contribution in [3.63, 3.8) is 0 Å². The molecule has 0 aromatic heterocycles. The molecule has 0 saturated carbocycles. The summed E-state index contributed by atoms with van der Waals surface area (Å²) in [5.74, 6) is 0. The Hall–Kier alpha value is -2.87. The van der Waals surface area contributed by atoms with Crippen LogP contribution in [0.25, 0.3) is 22.3 Å². The maximum absolute atomic E-state index is 9.68. The Morgan fingerprint density at radius 3 is 1.90 bits per heavy atom. The highest BCUT2D eigenvalue weighted by Gasteiger charge is 2.52. The van der Waals surface area contributed by atoms with Crippen molar-refractivity contribution < 1.29 is 9.31 Å². The van der Waals surface area contributed by atoms with Crippen LogP contribution in [0.5, 0.6) is 0 Å². The highest BCUT2D eigenvalue weighted by Crippen LogP contribution is 2.39. The molecule has 1 aliphatic heterocycles. The number of nitrogens with zero attached hydrogens (tertiary/aromatic N) is 1. The standard InChI is InChI=1S/C25H24BNO2/c1-24(2)25(3,4)29-26(28-24)23-21(18-11-6-5-7-12-18)15-10-16-22(23)20-14-9-8-13-19(20)17-27/h5-16H,1-4H3. The zero-order valence-corrected chi connectivity index (χ0v) is 17.3. The Balaban J connectivity index is 1.98. The van der Waals surface area contributed by atoms with E-state index in [2.05, 4.69) is 52.0 Å². The number of benzene rings is 3. The number of hydrogen-bond donors (Lipinski definition) is 0. The van der Waals surface area contributed by atoms with Crippen molar-refractivity contribution in [2.24, 2.45) is 0 Å². The smallest absolute Gasteiger partial charge is 0.399 e. The van der Waals surface area contributed by atoms with E-state index in [-0.39, 0.29) is 0 Å². The molecule has 3 nitrogen and oxygen atoms in total. The van der Waals surface area contributed by atoms with Crippen LogP contribution in [0.2, 0.25) is 0 Å². The van der Waals surface area contributed by atoms with Crippen LogP contribution in [0.15, 0.2) is 72.8 Å². The van der Waals surface area contributed by atoms with Crippen molar-refractivity contribution in [2.45, 2.75) is 38.9 Å². The molecule has 1 heterocycles. The first-order chi connectivity index (χ1) is 13.8. The number of hydrogen-bond acceptors (Lipinski definition) is 3. The Kier molecular flexibility index (Phi) is 4.82. The molecule has 1 aliphatic rings. The van der Waals surface area contributed by atoms with Crippen molar-refractivity contribution in [3.8, 4) is 28.3 Å².